The Bertz CT molecular complexity index is 1140. The van der Waals surface area contributed by atoms with Crippen molar-refractivity contribution in [2.24, 2.45) is 0 Å². The molecule has 2 amide bonds. The third-order valence-corrected chi connectivity index (χ3v) is 6.95. The van der Waals surface area contributed by atoms with Crippen LogP contribution < -0.4 is 0 Å². The van der Waals surface area contributed by atoms with Gasteiger partial charge in [-0.15, -0.1) is 0 Å². The summed E-state index contributed by atoms with van der Waals surface area (Å²) in [6, 6.07) is 14.6. The molecule has 39 heavy (non-hydrogen) atoms. The van der Waals surface area contributed by atoms with Gasteiger partial charge >= 0.3 is 6.09 Å². The minimum absolute atomic E-state index is 0.0430. The van der Waals surface area contributed by atoms with E-state index in [2.05, 4.69) is 9.97 Å². The van der Waals surface area contributed by atoms with Crippen molar-refractivity contribution in [1.82, 2.24) is 19.8 Å². The maximum atomic E-state index is 14.1. The molecule has 3 rings (SSSR count). The fraction of sp³-hybridized carbons (Fsp3) is 0.419. The second-order valence-corrected chi connectivity index (χ2v) is 11.3. The van der Waals surface area contributed by atoms with Crippen molar-refractivity contribution in [3.63, 3.8) is 0 Å². The monoisotopic (exact) mass is 550 g/mol. The molecule has 0 spiro atoms. The Labute approximate surface area is 237 Å². The first-order valence-corrected chi connectivity index (χ1v) is 13.7. The van der Waals surface area contributed by atoms with Gasteiger partial charge in [0, 0.05) is 56.4 Å². The summed E-state index contributed by atoms with van der Waals surface area (Å²) < 4.78 is 5.62. The molecular formula is C31H39ClN4O3. The van der Waals surface area contributed by atoms with Crippen molar-refractivity contribution in [1.29, 1.82) is 0 Å². The molecule has 1 aromatic carbocycles. The van der Waals surface area contributed by atoms with Gasteiger partial charge in [0.15, 0.2) is 0 Å². The molecule has 208 valence electrons. The van der Waals surface area contributed by atoms with E-state index < -0.39 is 17.7 Å². The van der Waals surface area contributed by atoms with Crippen LogP contribution in [0.15, 0.2) is 73.3 Å². The number of halogens is 1. The number of benzene rings is 1. The van der Waals surface area contributed by atoms with Crippen LogP contribution in [0.2, 0.25) is 5.02 Å². The molecular weight excluding hydrogens is 512 g/mol. The zero-order valence-electron chi connectivity index (χ0n) is 23.5. The van der Waals surface area contributed by atoms with Crippen LogP contribution in [0.5, 0.6) is 0 Å². The van der Waals surface area contributed by atoms with Crippen molar-refractivity contribution in [3.05, 3.63) is 95.0 Å². The van der Waals surface area contributed by atoms with Gasteiger partial charge in [0.1, 0.15) is 11.6 Å². The van der Waals surface area contributed by atoms with E-state index in [-0.39, 0.29) is 11.9 Å². The van der Waals surface area contributed by atoms with E-state index in [4.69, 9.17) is 16.3 Å². The molecule has 8 heteroatoms. The summed E-state index contributed by atoms with van der Waals surface area (Å²) >= 11 is 6.09. The van der Waals surface area contributed by atoms with Gasteiger partial charge in [-0.05, 0) is 99.5 Å². The van der Waals surface area contributed by atoms with Crippen LogP contribution in [0.3, 0.4) is 0 Å². The number of likely N-dealkylation sites (N-methyl/N-ethyl adjacent to an activating group) is 2. The van der Waals surface area contributed by atoms with Gasteiger partial charge in [-0.1, -0.05) is 23.7 Å². The standard InChI is InChI=1S/C31H39ClN4O3/c1-31(2,3)39-30(38)36(5)28(22-25-6-10-26(32)11-7-25)29(37)35(4)27(12-8-23-14-18-33-19-15-23)13-9-24-16-20-34-21-17-24/h6-7,10-11,14-21,27-28H,8-9,12-13,22H2,1-5H3. The predicted molar refractivity (Wildman–Crippen MR) is 155 cm³/mol. The van der Waals surface area contributed by atoms with E-state index in [1.807, 2.05) is 69.1 Å². The van der Waals surface area contributed by atoms with Gasteiger partial charge < -0.3 is 9.64 Å². The Morgan fingerprint density at radius 2 is 1.28 bits per heavy atom. The van der Waals surface area contributed by atoms with E-state index in [0.717, 1.165) is 31.2 Å². The minimum Gasteiger partial charge on any atom is -0.444 e. The first kappa shape index (κ1) is 30.1. The number of carbonyl (C=O) groups is 2. The number of carbonyl (C=O) groups excluding carboxylic acids is 2. The lowest BCUT2D eigenvalue weighted by molar-refractivity contribution is -0.137. The molecule has 0 aliphatic heterocycles. The minimum atomic E-state index is -0.740. The van der Waals surface area contributed by atoms with E-state index in [9.17, 15) is 9.59 Å². The highest BCUT2D eigenvalue weighted by atomic mass is 35.5. The highest BCUT2D eigenvalue weighted by molar-refractivity contribution is 6.30. The highest BCUT2D eigenvalue weighted by Crippen LogP contribution is 2.21. The van der Waals surface area contributed by atoms with Gasteiger partial charge in [0.2, 0.25) is 5.91 Å². The second kappa shape index (κ2) is 14.1. The largest absolute Gasteiger partial charge is 0.444 e. The summed E-state index contributed by atoms with van der Waals surface area (Å²) in [5.41, 5.74) is 2.57. The molecule has 0 fully saturated rings. The number of amides is 2. The van der Waals surface area contributed by atoms with Crippen LogP contribution in [0.4, 0.5) is 4.79 Å². The summed E-state index contributed by atoms with van der Waals surface area (Å²) in [6.07, 6.45) is 10.1. The quantitative estimate of drug-likeness (QED) is 0.293. The van der Waals surface area contributed by atoms with E-state index in [0.29, 0.717) is 11.4 Å². The smallest absolute Gasteiger partial charge is 0.410 e. The van der Waals surface area contributed by atoms with Crippen LogP contribution in [0.1, 0.15) is 50.3 Å². The number of hydrogen-bond donors (Lipinski definition) is 0. The Hall–Kier alpha value is -3.45. The zero-order valence-corrected chi connectivity index (χ0v) is 24.3. The van der Waals surface area contributed by atoms with Crippen molar-refractivity contribution in [3.8, 4) is 0 Å². The van der Waals surface area contributed by atoms with Crippen molar-refractivity contribution in [2.45, 2.75) is 70.6 Å². The Morgan fingerprint density at radius 1 is 0.795 bits per heavy atom. The molecule has 1 atom stereocenters. The number of hydrogen-bond acceptors (Lipinski definition) is 5. The molecule has 1 unspecified atom stereocenters. The van der Waals surface area contributed by atoms with E-state index in [1.165, 1.54) is 16.0 Å². The number of nitrogens with zero attached hydrogens (tertiary/aromatic N) is 4. The van der Waals surface area contributed by atoms with Gasteiger partial charge in [0.25, 0.3) is 0 Å². The molecule has 3 aromatic rings. The highest BCUT2D eigenvalue weighted by Gasteiger charge is 2.34. The third-order valence-electron chi connectivity index (χ3n) is 6.70. The summed E-state index contributed by atoms with van der Waals surface area (Å²) in [5.74, 6) is -0.132. The van der Waals surface area contributed by atoms with Crippen molar-refractivity contribution in [2.75, 3.05) is 14.1 Å². The molecule has 0 N–H and O–H groups in total. The normalized spacial score (nSPS) is 12.2. The van der Waals surface area contributed by atoms with Crippen LogP contribution in [0, 0.1) is 0 Å². The molecule has 0 saturated carbocycles. The molecule has 0 radical (unpaired) electrons. The maximum absolute atomic E-state index is 14.1. The lowest BCUT2D eigenvalue weighted by Gasteiger charge is -2.36. The summed E-state index contributed by atoms with van der Waals surface area (Å²) in [5, 5.41) is 0.617. The molecule has 2 aromatic heterocycles. The topological polar surface area (TPSA) is 75.6 Å². The summed E-state index contributed by atoms with van der Waals surface area (Å²) in [4.78, 5) is 38.6. The molecule has 0 aliphatic rings. The van der Waals surface area contributed by atoms with E-state index in [1.54, 1.807) is 44.0 Å². The fourth-order valence-electron chi connectivity index (χ4n) is 4.41. The lowest BCUT2D eigenvalue weighted by Crippen LogP contribution is -2.53. The maximum Gasteiger partial charge on any atom is 0.410 e. The van der Waals surface area contributed by atoms with Crippen molar-refractivity contribution < 1.29 is 14.3 Å². The average Bonchev–Trinajstić information content (AvgIpc) is 2.92. The van der Waals surface area contributed by atoms with Gasteiger partial charge in [0.05, 0.1) is 0 Å². The Kier molecular flexibility index (Phi) is 10.9. The molecule has 7 nitrogen and oxygen atoms in total. The third kappa shape index (κ3) is 9.66. The molecule has 0 saturated heterocycles. The number of ether oxygens (including phenoxy) is 1. The summed E-state index contributed by atoms with van der Waals surface area (Å²) in [6.45, 7) is 5.44. The predicted octanol–water partition coefficient (Wildman–Crippen LogP) is 6.00. The molecule has 0 aliphatic carbocycles. The van der Waals surface area contributed by atoms with Gasteiger partial charge in [-0.2, -0.15) is 0 Å². The van der Waals surface area contributed by atoms with Gasteiger partial charge in [-0.25, -0.2) is 4.79 Å². The SMILES string of the molecule is CN(C(=O)C(Cc1ccc(Cl)cc1)N(C)C(=O)OC(C)(C)C)C(CCc1ccncc1)CCc1ccncc1. The van der Waals surface area contributed by atoms with Crippen LogP contribution >= 0.6 is 11.6 Å². The van der Waals surface area contributed by atoms with Crippen LogP contribution in [0.25, 0.3) is 0 Å². The summed E-state index contributed by atoms with van der Waals surface area (Å²) in [7, 11) is 3.47. The Morgan fingerprint density at radius 3 is 1.74 bits per heavy atom. The molecule has 2 heterocycles. The van der Waals surface area contributed by atoms with Crippen LogP contribution in [-0.4, -0.2) is 63.5 Å². The van der Waals surface area contributed by atoms with Gasteiger partial charge in [-0.3, -0.25) is 19.7 Å². The number of aryl methyl sites for hydroxylation is 2. The first-order valence-electron chi connectivity index (χ1n) is 13.3. The number of pyridine rings is 2. The Balaban J connectivity index is 1.85. The van der Waals surface area contributed by atoms with Crippen molar-refractivity contribution >= 4 is 23.6 Å². The zero-order chi connectivity index (χ0) is 28.4. The average molecular weight is 551 g/mol. The molecule has 0 bridgehead atoms. The number of rotatable bonds is 11. The fourth-order valence-corrected chi connectivity index (χ4v) is 4.53. The lowest BCUT2D eigenvalue weighted by atomic mass is 9.97. The number of aromatic nitrogens is 2. The first-order chi connectivity index (χ1) is 18.5. The van der Waals surface area contributed by atoms with Crippen LogP contribution in [-0.2, 0) is 28.8 Å². The van der Waals surface area contributed by atoms with E-state index >= 15 is 0 Å². The second-order valence-electron chi connectivity index (χ2n) is 10.8.